The number of aliphatic carboxylic acids is 2. The van der Waals surface area contributed by atoms with E-state index in [0.717, 1.165) is 57.5 Å². The molecule has 0 aromatic heterocycles. The van der Waals surface area contributed by atoms with Crippen molar-refractivity contribution >= 4 is 33.8 Å². The van der Waals surface area contributed by atoms with E-state index in [1.165, 1.54) is 6.42 Å². The van der Waals surface area contributed by atoms with Gasteiger partial charge in [-0.2, -0.15) is 0 Å². The Hall–Kier alpha value is -2.33. The molecule has 2 heterocycles. The van der Waals surface area contributed by atoms with Gasteiger partial charge in [-0.05, 0) is 78.3 Å². The van der Waals surface area contributed by atoms with Crippen LogP contribution in [0.15, 0.2) is 16.6 Å². The number of methoxy groups -OCH3 is 1. The number of carboxylic acids is 2. The monoisotopic (exact) mass is 514 g/mol. The normalized spacial score (nSPS) is 19.6. The van der Waals surface area contributed by atoms with Crippen LogP contribution in [0.2, 0.25) is 0 Å². The average molecular weight is 515 g/mol. The molecule has 10 heteroatoms. The zero-order chi connectivity index (χ0) is 23.8. The first-order chi connectivity index (χ1) is 15.1. The molecule has 1 atom stereocenters. The topological polar surface area (TPSA) is 128 Å². The number of hydrogen-bond acceptors (Lipinski definition) is 6. The van der Waals surface area contributed by atoms with Crippen molar-refractivity contribution in [1.29, 1.82) is 0 Å². The first-order valence-corrected chi connectivity index (χ1v) is 11.4. The third-order valence-electron chi connectivity index (χ3n) is 5.80. The number of aromatic hydroxyl groups is 1. The zero-order valence-corrected chi connectivity index (χ0v) is 20.0. The first-order valence-electron chi connectivity index (χ1n) is 10.6. The number of benzene rings is 1. The summed E-state index contributed by atoms with van der Waals surface area (Å²) in [4.78, 5) is 35.5. The van der Waals surface area contributed by atoms with Gasteiger partial charge < -0.3 is 25.0 Å². The van der Waals surface area contributed by atoms with Gasteiger partial charge in [-0.3, -0.25) is 9.69 Å². The van der Waals surface area contributed by atoms with Crippen LogP contribution in [0.25, 0.3) is 0 Å². The van der Waals surface area contributed by atoms with Gasteiger partial charge in [0.25, 0.3) is 0 Å². The largest absolute Gasteiger partial charge is 0.503 e. The van der Waals surface area contributed by atoms with Gasteiger partial charge in [-0.15, -0.1) is 0 Å². The van der Waals surface area contributed by atoms with Crippen LogP contribution in [0.3, 0.4) is 0 Å². The summed E-state index contributed by atoms with van der Waals surface area (Å²) in [6.07, 6.45) is 4.25. The Morgan fingerprint density at radius 1 is 1.09 bits per heavy atom. The molecule has 3 N–H and O–H groups in total. The summed E-state index contributed by atoms with van der Waals surface area (Å²) < 4.78 is 5.88. The molecule has 2 fully saturated rings. The van der Waals surface area contributed by atoms with Crippen molar-refractivity contribution in [1.82, 2.24) is 9.80 Å². The van der Waals surface area contributed by atoms with Gasteiger partial charge in [0.1, 0.15) is 0 Å². The molecule has 0 saturated carbocycles. The van der Waals surface area contributed by atoms with Crippen LogP contribution in [0, 0.1) is 11.8 Å². The first kappa shape index (κ1) is 25.9. The fourth-order valence-corrected chi connectivity index (χ4v) is 4.61. The van der Waals surface area contributed by atoms with Gasteiger partial charge in [0.2, 0.25) is 5.91 Å². The van der Waals surface area contributed by atoms with Gasteiger partial charge >= 0.3 is 11.9 Å². The quantitative estimate of drug-likeness (QED) is 0.523. The molecule has 2 aliphatic rings. The van der Waals surface area contributed by atoms with Gasteiger partial charge in [0.15, 0.2) is 11.5 Å². The maximum Gasteiger partial charge on any atom is 0.414 e. The van der Waals surface area contributed by atoms with Crippen LogP contribution < -0.4 is 4.74 Å². The number of halogens is 1. The molecule has 2 saturated heterocycles. The van der Waals surface area contributed by atoms with E-state index in [4.69, 9.17) is 24.5 Å². The summed E-state index contributed by atoms with van der Waals surface area (Å²) in [6, 6.07) is 3.82. The molecule has 32 heavy (non-hydrogen) atoms. The van der Waals surface area contributed by atoms with Gasteiger partial charge in [-0.1, -0.05) is 6.92 Å². The van der Waals surface area contributed by atoms with Crippen LogP contribution in [0.5, 0.6) is 11.5 Å². The molecule has 9 nitrogen and oxygen atoms in total. The van der Waals surface area contributed by atoms with Crippen LogP contribution in [-0.4, -0.2) is 76.3 Å². The minimum atomic E-state index is -1.82. The molecule has 0 spiro atoms. The molecule has 0 aliphatic carbocycles. The second-order valence-corrected chi connectivity index (χ2v) is 9.18. The molecule has 178 valence electrons. The molecular weight excluding hydrogens is 484 g/mol. The number of hydrogen-bond donors (Lipinski definition) is 3. The van der Waals surface area contributed by atoms with Gasteiger partial charge in [0.05, 0.1) is 11.6 Å². The van der Waals surface area contributed by atoms with E-state index >= 15 is 0 Å². The predicted molar refractivity (Wildman–Crippen MR) is 121 cm³/mol. The summed E-state index contributed by atoms with van der Waals surface area (Å²) >= 11 is 3.38. The molecule has 1 amide bonds. The second kappa shape index (κ2) is 12.1. The Balaban J connectivity index is 0.000000534. The highest BCUT2D eigenvalue weighted by atomic mass is 79.9. The minimum Gasteiger partial charge on any atom is -0.503 e. The third-order valence-corrected chi connectivity index (χ3v) is 6.41. The Kier molecular flexibility index (Phi) is 9.77. The summed E-state index contributed by atoms with van der Waals surface area (Å²) in [5.41, 5.74) is 1.10. The van der Waals surface area contributed by atoms with Crippen molar-refractivity contribution in [2.75, 3.05) is 33.3 Å². The standard InChI is InChI=1S/C20H29BrN2O3.C2H2O4/c1-14-4-3-7-23(12-14)20(25)16-5-8-22(9-6-16)13-15-10-17(21)19(24)18(11-15)26-2;3-1(4)2(5)6/h10-11,14,16,24H,3-9,12-13H2,1-2H3;(H,3,4)(H,5,6). The minimum absolute atomic E-state index is 0.135. The molecule has 1 unspecified atom stereocenters. The molecule has 2 aliphatic heterocycles. The summed E-state index contributed by atoms with van der Waals surface area (Å²) in [5.74, 6) is -1.85. The fourth-order valence-electron chi connectivity index (χ4n) is 4.12. The highest BCUT2D eigenvalue weighted by molar-refractivity contribution is 9.10. The van der Waals surface area contributed by atoms with Crippen LogP contribution in [0.4, 0.5) is 0 Å². The van der Waals surface area contributed by atoms with Gasteiger partial charge in [-0.25, -0.2) is 9.59 Å². The van der Waals surface area contributed by atoms with Crippen LogP contribution in [0.1, 0.15) is 38.2 Å². The van der Waals surface area contributed by atoms with Crippen LogP contribution >= 0.6 is 15.9 Å². The molecule has 0 bridgehead atoms. The van der Waals surface area contributed by atoms with Gasteiger partial charge in [0, 0.05) is 25.6 Å². The molecular formula is C22H31BrN2O7. The smallest absolute Gasteiger partial charge is 0.414 e. The maximum atomic E-state index is 12.8. The highest BCUT2D eigenvalue weighted by Crippen LogP contribution is 2.36. The molecule has 0 radical (unpaired) electrons. The van der Waals surface area contributed by atoms with Crippen LogP contribution in [-0.2, 0) is 20.9 Å². The average Bonchev–Trinajstić information content (AvgIpc) is 2.76. The van der Waals surface area contributed by atoms with E-state index in [2.05, 4.69) is 32.7 Å². The van der Waals surface area contributed by atoms with Crippen molar-refractivity contribution < 1.29 is 34.4 Å². The summed E-state index contributed by atoms with van der Waals surface area (Å²) in [7, 11) is 1.56. The number of amides is 1. The lowest BCUT2D eigenvalue weighted by Gasteiger charge is -2.37. The number of nitrogens with zero attached hydrogens (tertiary/aromatic N) is 2. The predicted octanol–water partition coefficient (Wildman–Crippen LogP) is 2.79. The third kappa shape index (κ3) is 7.37. The molecule has 1 aromatic carbocycles. The molecule has 3 rings (SSSR count). The SMILES string of the molecule is COc1cc(CN2CCC(C(=O)N3CCCC(C)C3)CC2)cc(Br)c1O.O=C(O)C(=O)O. The summed E-state index contributed by atoms with van der Waals surface area (Å²) in [6.45, 7) is 6.77. The van der Waals surface area contributed by atoms with Crippen molar-refractivity contribution in [2.45, 2.75) is 39.2 Å². The maximum absolute atomic E-state index is 12.8. The number of carbonyl (C=O) groups excluding carboxylic acids is 1. The van der Waals surface area contributed by atoms with E-state index in [1.807, 2.05) is 12.1 Å². The number of rotatable bonds is 4. The number of carboxylic acid groups (broad SMARTS) is 2. The molecule has 1 aromatic rings. The number of ether oxygens (including phenoxy) is 1. The number of phenolic OH excluding ortho intramolecular Hbond substituents is 1. The zero-order valence-electron chi connectivity index (χ0n) is 18.4. The Morgan fingerprint density at radius 2 is 1.72 bits per heavy atom. The Bertz CT molecular complexity index is 813. The van der Waals surface area contributed by atoms with Crippen molar-refractivity contribution in [3.63, 3.8) is 0 Å². The lowest BCUT2D eigenvalue weighted by atomic mass is 9.92. The van der Waals surface area contributed by atoms with E-state index in [0.29, 0.717) is 22.0 Å². The van der Waals surface area contributed by atoms with E-state index in [9.17, 15) is 9.90 Å². The number of piperidine rings is 2. The van der Waals surface area contributed by atoms with E-state index in [-0.39, 0.29) is 11.7 Å². The van der Waals surface area contributed by atoms with Crippen molar-refractivity contribution in [2.24, 2.45) is 11.8 Å². The Labute approximate surface area is 196 Å². The number of phenols is 1. The van der Waals surface area contributed by atoms with Crippen molar-refractivity contribution in [3.8, 4) is 11.5 Å². The lowest BCUT2D eigenvalue weighted by molar-refractivity contribution is -0.159. The van der Waals surface area contributed by atoms with E-state index in [1.54, 1.807) is 7.11 Å². The number of carbonyl (C=O) groups is 3. The fraction of sp³-hybridized carbons (Fsp3) is 0.591. The van der Waals surface area contributed by atoms with E-state index < -0.39 is 11.9 Å². The van der Waals surface area contributed by atoms with Crippen molar-refractivity contribution in [3.05, 3.63) is 22.2 Å². The second-order valence-electron chi connectivity index (χ2n) is 8.32. The summed E-state index contributed by atoms with van der Waals surface area (Å²) in [5, 5.41) is 24.7. The lowest BCUT2D eigenvalue weighted by Crippen LogP contribution is -2.45. The Morgan fingerprint density at radius 3 is 2.25 bits per heavy atom. The number of likely N-dealkylation sites (tertiary alicyclic amines) is 2. The highest BCUT2D eigenvalue weighted by Gasteiger charge is 2.30.